The number of anilines is 1. The number of piperidine rings is 1. The van der Waals surface area contributed by atoms with Crippen molar-refractivity contribution < 1.29 is 14.6 Å². The Kier molecular flexibility index (Phi) is 5.81. The molecule has 148 valence electrons. The molecule has 1 aromatic heterocycles. The molecule has 2 aromatic carbocycles. The average Bonchev–Trinajstić information content (AvgIpc) is 2.79. The molecule has 2 heterocycles. The van der Waals surface area contributed by atoms with Crippen molar-refractivity contribution in [1.29, 1.82) is 0 Å². The summed E-state index contributed by atoms with van der Waals surface area (Å²) in [7, 11) is 0. The maximum atomic E-state index is 10.8. The minimum Gasteiger partial charge on any atom is -0.480 e. The fourth-order valence-corrected chi connectivity index (χ4v) is 3.61. The standard InChI is InChI=1S/C23H23N3O3/c27-21(28)16-29-19-12-7-13-26(15-19)20-14-24-22(17-8-3-1-4-9-17)23(25-20)18-10-5-2-6-11-18/h1-6,8-11,14,19H,7,12-13,15-16H2,(H,27,28)/t19-/m1/s1. The van der Waals surface area contributed by atoms with Gasteiger partial charge in [0.15, 0.2) is 0 Å². The number of carboxylic acids is 1. The van der Waals surface area contributed by atoms with Crippen molar-refractivity contribution in [1.82, 2.24) is 9.97 Å². The number of hydrogen-bond donors (Lipinski definition) is 1. The average molecular weight is 389 g/mol. The molecule has 1 aliphatic rings. The van der Waals surface area contributed by atoms with Crippen molar-refractivity contribution >= 4 is 11.8 Å². The lowest BCUT2D eigenvalue weighted by molar-refractivity contribution is -0.144. The second-order valence-electron chi connectivity index (χ2n) is 7.07. The molecule has 29 heavy (non-hydrogen) atoms. The summed E-state index contributed by atoms with van der Waals surface area (Å²) in [5.41, 5.74) is 3.71. The molecule has 0 bridgehead atoms. The molecule has 0 amide bonds. The van der Waals surface area contributed by atoms with Gasteiger partial charge in [0.2, 0.25) is 0 Å². The monoisotopic (exact) mass is 389 g/mol. The Hall–Kier alpha value is -3.25. The number of rotatable bonds is 6. The SMILES string of the molecule is O=C(O)CO[C@@H]1CCCN(c2cnc(-c3ccccc3)c(-c3ccccc3)n2)C1. The molecule has 1 fully saturated rings. The first-order chi connectivity index (χ1) is 14.2. The van der Waals surface area contributed by atoms with Crippen LogP contribution < -0.4 is 4.90 Å². The van der Waals surface area contributed by atoms with Gasteiger partial charge in [-0.15, -0.1) is 0 Å². The number of aliphatic carboxylic acids is 1. The van der Waals surface area contributed by atoms with Gasteiger partial charge in [-0.05, 0) is 12.8 Å². The van der Waals surface area contributed by atoms with Crippen LogP contribution in [0, 0.1) is 0 Å². The lowest BCUT2D eigenvalue weighted by atomic mass is 10.0. The second kappa shape index (κ2) is 8.84. The molecule has 0 radical (unpaired) electrons. The Morgan fingerprint density at radius 1 is 1.03 bits per heavy atom. The van der Waals surface area contributed by atoms with Crippen molar-refractivity contribution in [2.45, 2.75) is 18.9 Å². The zero-order valence-corrected chi connectivity index (χ0v) is 16.1. The van der Waals surface area contributed by atoms with E-state index in [4.69, 9.17) is 19.8 Å². The molecule has 6 nitrogen and oxygen atoms in total. The van der Waals surface area contributed by atoms with Crippen molar-refractivity contribution in [2.75, 3.05) is 24.6 Å². The number of ether oxygens (including phenoxy) is 1. The van der Waals surface area contributed by atoms with Crippen molar-refractivity contribution in [3.8, 4) is 22.5 Å². The number of benzene rings is 2. The van der Waals surface area contributed by atoms with Gasteiger partial charge in [0.05, 0.1) is 23.7 Å². The molecular formula is C23H23N3O3. The molecule has 4 rings (SSSR count). The van der Waals surface area contributed by atoms with Crippen LogP contribution in [0.2, 0.25) is 0 Å². The molecule has 1 N–H and O–H groups in total. The van der Waals surface area contributed by atoms with Crippen LogP contribution in [0.15, 0.2) is 66.9 Å². The first kappa shape index (κ1) is 19.1. The first-order valence-corrected chi connectivity index (χ1v) is 9.77. The third kappa shape index (κ3) is 4.60. The van der Waals surface area contributed by atoms with Gasteiger partial charge >= 0.3 is 5.97 Å². The maximum Gasteiger partial charge on any atom is 0.329 e. The van der Waals surface area contributed by atoms with Crippen LogP contribution in [-0.4, -0.2) is 46.8 Å². The van der Waals surface area contributed by atoms with Gasteiger partial charge in [0.1, 0.15) is 12.4 Å². The molecular weight excluding hydrogens is 366 g/mol. The molecule has 0 unspecified atom stereocenters. The summed E-state index contributed by atoms with van der Waals surface area (Å²) in [4.78, 5) is 22.7. The van der Waals surface area contributed by atoms with Gasteiger partial charge in [-0.1, -0.05) is 60.7 Å². The minimum atomic E-state index is -0.944. The van der Waals surface area contributed by atoms with Crippen LogP contribution in [0.25, 0.3) is 22.5 Å². The normalized spacial score (nSPS) is 16.6. The Morgan fingerprint density at radius 2 is 1.69 bits per heavy atom. The fourth-order valence-electron chi connectivity index (χ4n) is 3.61. The van der Waals surface area contributed by atoms with E-state index in [1.807, 2.05) is 60.7 Å². The van der Waals surface area contributed by atoms with E-state index in [0.717, 1.165) is 47.7 Å². The lowest BCUT2D eigenvalue weighted by Crippen LogP contribution is -2.41. The van der Waals surface area contributed by atoms with E-state index in [0.29, 0.717) is 6.54 Å². The smallest absolute Gasteiger partial charge is 0.329 e. The Labute approximate surface area is 169 Å². The molecule has 6 heteroatoms. The first-order valence-electron chi connectivity index (χ1n) is 9.77. The highest BCUT2D eigenvalue weighted by Gasteiger charge is 2.23. The highest BCUT2D eigenvalue weighted by molar-refractivity contribution is 5.78. The summed E-state index contributed by atoms with van der Waals surface area (Å²) in [6.07, 6.45) is 3.46. The van der Waals surface area contributed by atoms with E-state index in [9.17, 15) is 4.79 Å². The molecule has 3 aromatic rings. The molecule has 0 spiro atoms. The highest BCUT2D eigenvalue weighted by atomic mass is 16.5. The van der Waals surface area contributed by atoms with Crippen molar-refractivity contribution in [3.63, 3.8) is 0 Å². The molecule has 1 aliphatic heterocycles. The predicted molar refractivity (Wildman–Crippen MR) is 112 cm³/mol. The lowest BCUT2D eigenvalue weighted by Gasteiger charge is -2.33. The Balaban J connectivity index is 1.66. The molecule has 0 aliphatic carbocycles. The van der Waals surface area contributed by atoms with E-state index >= 15 is 0 Å². The zero-order chi connectivity index (χ0) is 20.1. The molecule has 1 atom stereocenters. The van der Waals surface area contributed by atoms with Crippen LogP contribution in [0.5, 0.6) is 0 Å². The van der Waals surface area contributed by atoms with Gasteiger partial charge < -0.3 is 14.7 Å². The quantitative estimate of drug-likeness (QED) is 0.690. The van der Waals surface area contributed by atoms with Crippen molar-refractivity contribution in [2.24, 2.45) is 0 Å². The number of carbonyl (C=O) groups is 1. The summed E-state index contributed by atoms with van der Waals surface area (Å²) in [6, 6.07) is 20.1. The topological polar surface area (TPSA) is 75.6 Å². The number of nitrogens with zero attached hydrogens (tertiary/aromatic N) is 3. The van der Waals surface area contributed by atoms with Crippen LogP contribution in [0.4, 0.5) is 5.82 Å². The van der Waals surface area contributed by atoms with E-state index < -0.39 is 5.97 Å². The van der Waals surface area contributed by atoms with E-state index in [-0.39, 0.29) is 12.7 Å². The summed E-state index contributed by atoms with van der Waals surface area (Å²) in [6.45, 7) is 1.19. The van der Waals surface area contributed by atoms with Gasteiger partial charge in [0, 0.05) is 24.2 Å². The molecule has 1 saturated heterocycles. The van der Waals surface area contributed by atoms with Crippen LogP contribution in [-0.2, 0) is 9.53 Å². The third-order valence-corrected chi connectivity index (χ3v) is 5.00. The summed E-state index contributed by atoms with van der Waals surface area (Å²) < 4.78 is 5.51. The van der Waals surface area contributed by atoms with Gasteiger partial charge in [-0.3, -0.25) is 4.98 Å². The number of aromatic nitrogens is 2. The fraction of sp³-hybridized carbons (Fsp3) is 0.261. The zero-order valence-electron chi connectivity index (χ0n) is 16.1. The van der Waals surface area contributed by atoms with Gasteiger partial charge in [-0.2, -0.15) is 0 Å². The Bertz CT molecular complexity index is 964. The largest absolute Gasteiger partial charge is 0.480 e. The summed E-state index contributed by atoms with van der Waals surface area (Å²) in [5.74, 6) is -0.160. The summed E-state index contributed by atoms with van der Waals surface area (Å²) >= 11 is 0. The predicted octanol–water partition coefficient (Wildman–Crippen LogP) is 3.88. The maximum absolute atomic E-state index is 10.8. The van der Waals surface area contributed by atoms with Crippen molar-refractivity contribution in [3.05, 3.63) is 66.9 Å². The van der Waals surface area contributed by atoms with Crippen LogP contribution in [0.3, 0.4) is 0 Å². The highest BCUT2D eigenvalue weighted by Crippen LogP contribution is 2.31. The Morgan fingerprint density at radius 3 is 2.34 bits per heavy atom. The number of hydrogen-bond acceptors (Lipinski definition) is 5. The van der Waals surface area contributed by atoms with E-state index in [2.05, 4.69) is 4.90 Å². The van der Waals surface area contributed by atoms with E-state index in [1.54, 1.807) is 6.20 Å². The molecule has 0 saturated carbocycles. The third-order valence-electron chi connectivity index (χ3n) is 5.00. The van der Waals surface area contributed by atoms with E-state index in [1.165, 1.54) is 0 Å². The van der Waals surface area contributed by atoms with Crippen LogP contribution in [0.1, 0.15) is 12.8 Å². The van der Waals surface area contributed by atoms with Gasteiger partial charge in [-0.25, -0.2) is 9.78 Å². The van der Waals surface area contributed by atoms with Crippen LogP contribution >= 0.6 is 0 Å². The number of carboxylic acid groups (broad SMARTS) is 1. The second-order valence-corrected chi connectivity index (χ2v) is 7.07. The summed E-state index contributed by atoms with van der Waals surface area (Å²) in [5, 5.41) is 8.87. The minimum absolute atomic E-state index is 0.115. The van der Waals surface area contributed by atoms with Gasteiger partial charge in [0.25, 0.3) is 0 Å².